The van der Waals surface area contributed by atoms with Crippen LogP contribution >= 0.6 is 0 Å². The van der Waals surface area contributed by atoms with Crippen molar-refractivity contribution in [2.45, 2.75) is 98.1 Å². The van der Waals surface area contributed by atoms with Gasteiger partial charge in [0, 0.05) is 18.6 Å². The average Bonchev–Trinajstić information content (AvgIpc) is 2.46. The van der Waals surface area contributed by atoms with E-state index in [4.69, 9.17) is 9.47 Å². The minimum Gasteiger partial charge on any atom is -0.390 e. The lowest BCUT2D eigenvalue weighted by Gasteiger charge is -2.58. The van der Waals surface area contributed by atoms with Gasteiger partial charge in [-0.2, -0.15) is 0 Å². The molecular formula is C21H40O4. The fourth-order valence-electron chi connectivity index (χ4n) is 5.27. The number of hydrogen-bond acceptors (Lipinski definition) is 4. The van der Waals surface area contributed by atoms with Crippen molar-refractivity contribution in [3.63, 3.8) is 0 Å². The Kier molecular flexibility index (Phi) is 5.73. The molecule has 4 nitrogen and oxygen atoms in total. The third-order valence-electron chi connectivity index (χ3n) is 7.47. The quantitative estimate of drug-likeness (QED) is 0.805. The molecule has 148 valence electrons. The second kappa shape index (κ2) is 6.78. The molecule has 4 heteroatoms. The highest BCUT2D eigenvalue weighted by atomic mass is 16.5. The van der Waals surface area contributed by atoms with Crippen molar-refractivity contribution < 1.29 is 19.7 Å². The fourth-order valence-corrected chi connectivity index (χ4v) is 5.27. The van der Waals surface area contributed by atoms with Crippen molar-refractivity contribution in [2.24, 2.45) is 22.7 Å². The lowest BCUT2D eigenvalue weighted by molar-refractivity contribution is -0.243. The van der Waals surface area contributed by atoms with Crippen molar-refractivity contribution in [1.29, 1.82) is 0 Å². The fraction of sp³-hybridized carbons (Fsp3) is 1.00. The van der Waals surface area contributed by atoms with Gasteiger partial charge in [0.2, 0.25) is 0 Å². The first-order chi connectivity index (χ1) is 11.3. The van der Waals surface area contributed by atoms with Crippen molar-refractivity contribution >= 4 is 0 Å². The first kappa shape index (κ1) is 21.1. The van der Waals surface area contributed by atoms with Crippen molar-refractivity contribution in [1.82, 2.24) is 0 Å². The van der Waals surface area contributed by atoms with Gasteiger partial charge in [0.15, 0.2) is 0 Å². The molecule has 0 saturated carbocycles. The van der Waals surface area contributed by atoms with E-state index in [1.165, 1.54) is 0 Å². The molecule has 25 heavy (non-hydrogen) atoms. The Bertz CT molecular complexity index is 473. The summed E-state index contributed by atoms with van der Waals surface area (Å²) in [5.41, 5.74) is -1.65. The van der Waals surface area contributed by atoms with Gasteiger partial charge < -0.3 is 19.7 Å². The Labute approximate surface area is 154 Å². The zero-order valence-corrected chi connectivity index (χ0v) is 17.6. The van der Waals surface area contributed by atoms with Crippen LogP contribution < -0.4 is 0 Å². The molecule has 0 aromatic carbocycles. The molecule has 2 aliphatic rings. The second-order valence-electron chi connectivity index (χ2n) is 10.4. The largest absolute Gasteiger partial charge is 0.390 e. The Balaban J connectivity index is 2.27. The molecular weight excluding hydrogens is 316 g/mol. The molecule has 0 aliphatic carbocycles. The zero-order chi connectivity index (χ0) is 19.3. The van der Waals surface area contributed by atoms with Crippen LogP contribution in [0.4, 0.5) is 0 Å². The summed E-state index contributed by atoms with van der Waals surface area (Å²) in [4.78, 5) is 0. The molecule has 0 amide bonds. The number of rotatable bonds is 4. The van der Waals surface area contributed by atoms with Gasteiger partial charge in [-0.3, -0.25) is 0 Å². The number of ether oxygens (including phenoxy) is 2. The third kappa shape index (κ3) is 3.65. The van der Waals surface area contributed by atoms with Gasteiger partial charge in [0.25, 0.3) is 0 Å². The van der Waals surface area contributed by atoms with E-state index in [-0.39, 0.29) is 16.7 Å². The van der Waals surface area contributed by atoms with E-state index in [1.54, 1.807) is 0 Å². The van der Waals surface area contributed by atoms with Crippen LogP contribution in [-0.2, 0) is 9.47 Å². The third-order valence-corrected chi connectivity index (χ3v) is 7.47. The summed E-state index contributed by atoms with van der Waals surface area (Å²) >= 11 is 0. The predicted molar refractivity (Wildman–Crippen MR) is 100 cm³/mol. The molecule has 0 bridgehead atoms. The molecule has 2 saturated heterocycles. The van der Waals surface area contributed by atoms with Crippen molar-refractivity contribution in [3.8, 4) is 0 Å². The number of aliphatic hydroxyl groups excluding tert-OH is 2. The molecule has 0 spiro atoms. The number of aliphatic hydroxyl groups is 2. The van der Waals surface area contributed by atoms with E-state index < -0.39 is 23.4 Å². The van der Waals surface area contributed by atoms with Gasteiger partial charge in [-0.25, -0.2) is 0 Å². The van der Waals surface area contributed by atoms with Crippen LogP contribution in [0.15, 0.2) is 0 Å². The van der Waals surface area contributed by atoms with Gasteiger partial charge in [0.1, 0.15) is 0 Å². The molecule has 0 radical (unpaired) electrons. The summed E-state index contributed by atoms with van der Waals surface area (Å²) in [6.07, 6.45) is 1.40. The van der Waals surface area contributed by atoms with E-state index in [0.29, 0.717) is 25.6 Å². The van der Waals surface area contributed by atoms with Crippen LogP contribution in [0.1, 0.15) is 74.7 Å². The van der Waals surface area contributed by atoms with Crippen LogP contribution in [0.2, 0.25) is 0 Å². The van der Waals surface area contributed by atoms with E-state index in [0.717, 1.165) is 12.8 Å². The normalized spacial score (nSPS) is 42.6. The summed E-state index contributed by atoms with van der Waals surface area (Å²) < 4.78 is 12.0. The molecule has 5 atom stereocenters. The summed E-state index contributed by atoms with van der Waals surface area (Å²) in [6, 6.07) is 0. The van der Waals surface area contributed by atoms with Crippen LogP contribution in [-0.4, -0.2) is 46.8 Å². The van der Waals surface area contributed by atoms with E-state index in [2.05, 4.69) is 34.6 Å². The van der Waals surface area contributed by atoms with Crippen LogP contribution in [0, 0.1) is 22.7 Å². The maximum absolute atomic E-state index is 11.1. The van der Waals surface area contributed by atoms with E-state index in [9.17, 15) is 10.2 Å². The summed E-state index contributed by atoms with van der Waals surface area (Å²) in [6.45, 7) is 18.3. The second-order valence-corrected chi connectivity index (χ2v) is 10.4. The molecule has 5 unspecified atom stereocenters. The molecule has 2 fully saturated rings. The number of hydrogen-bond donors (Lipinski definition) is 2. The highest BCUT2D eigenvalue weighted by molar-refractivity contribution is 5.07. The Hall–Kier alpha value is -0.160. The van der Waals surface area contributed by atoms with Crippen LogP contribution in [0.3, 0.4) is 0 Å². The van der Waals surface area contributed by atoms with E-state index in [1.807, 2.05) is 20.8 Å². The Morgan fingerprint density at radius 2 is 1.64 bits per heavy atom. The monoisotopic (exact) mass is 356 g/mol. The van der Waals surface area contributed by atoms with Gasteiger partial charge in [-0.15, -0.1) is 0 Å². The first-order valence-electron chi connectivity index (χ1n) is 9.91. The van der Waals surface area contributed by atoms with Gasteiger partial charge >= 0.3 is 0 Å². The standard InChI is InChI=1S/C21H40O4/c1-14(2)15-9-11-25-21(8,16(15)22)13-18(3,4)20(7)10-12-24-19(5,6)17(20)23/h14-17,22-23H,9-13H2,1-8H3. The lowest BCUT2D eigenvalue weighted by Crippen LogP contribution is -2.62. The van der Waals surface area contributed by atoms with Gasteiger partial charge in [0.05, 0.1) is 23.4 Å². The molecule has 0 aromatic heterocycles. The smallest absolute Gasteiger partial charge is 0.0920 e. The molecule has 2 rings (SSSR count). The molecule has 2 N–H and O–H groups in total. The first-order valence-corrected chi connectivity index (χ1v) is 9.91. The van der Waals surface area contributed by atoms with Gasteiger partial charge in [-0.05, 0) is 57.3 Å². The van der Waals surface area contributed by atoms with Gasteiger partial charge in [-0.1, -0.05) is 34.6 Å². The maximum atomic E-state index is 11.1. The predicted octanol–water partition coefficient (Wildman–Crippen LogP) is 3.78. The van der Waals surface area contributed by atoms with Crippen molar-refractivity contribution in [3.05, 3.63) is 0 Å². The lowest BCUT2D eigenvalue weighted by atomic mass is 9.54. The molecule has 2 heterocycles. The minimum atomic E-state index is -0.581. The highest BCUT2D eigenvalue weighted by Gasteiger charge is 2.57. The minimum absolute atomic E-state index is 0.206. The maximum Gasteiger partial charge on any atom is 0.0920 e. The highest BCUT2D eigenvalue weighted by Crippen LogP contribution is 2.55. The van der Waals surface area contributed by atoms with Crippen LogP contribution in [0.25, 0.3) is 0 Å². The van der Waals surface area contributed by atoms with Crippen LogP contribution in [0.5, 0.6) is 0 Å². The Morgan fingerprint density at radius 1 is 1.04 bits per heavy atom. The molecule has 0 aromatic rings. The summed E-state index contributed by atoms with van der Waals surface area (Å²) in [7, 11) is 0. The van der Waals surface area contributed by atoms with E-state index >= 15 is 0 Å². The average molecular weight is 357 g/mol. The zero-order valence-electron chi connectivity index (χ0n) is 17.6. The Morgan fingerprint density at radius 3 is 2.20 bits per heavy atom. The molecule has 2 aliphatic heterocycles. The summed E-state index contributed by atoms with van der Waals surface area (Å²) in [5.74, 6) is 0.697. The van der Waals surface area contributed by atoms with Crippen molar-refractivity contribution in [2.75, 3.05) is 13.2 Å². The summed E-state index contributed by atoms with van der Waals surface area (Å²) in [5, 5.41) is 22.1. The topological polar surface area (TPSA) is 58.9 Å². The SMILES string of the molecule is CC(C)C1CCOC(C)(CC(C)(C)C2(C)CCOC(C)(C)C2O)C1O.